The number of benzene rings is 1. The maximum absolute atomic E-state index is 11.9. The highest BCUT2D eigenvalue weighted by atomic mass is 35.7. The van der Waals surface area contributed by atoms with Crippen LogP contribution in [0, 0.1) is 11.3 Å². The first-order chi connectivity index (χ1) is 11.3. The number of hydrogen-bond acceptors (Lipinski definition) is 4. The molecule has 1 N–H and O–H groups in total. The van der Waals surface area contributed by atoms with Gasteiger partial charge in [-0.2, -0.15) is 0 Å². The molecule has 24 heavy (non-hydrogen) atoms. The maximum atomic E-state index is 11.9. The molecule has 1 aliphatic carbocycles. The van der Waals surface area contributed by atoms with Gasteiger partial charge in [0.15, 0.2) is 0 Å². The summed E-state index contributed by atoms with van der Waals surface area (Å²) in [6.07, 6.45) is 3.12. The van der Waals surface area contributed by atoms with E-state index < -0.39 is 15.1 Å². The average molecular weight is 374 g/mol. The van der Waals surface area contributed by atoms with E-state index in [1.807, 2.05) is 37.3 Å². The van der Waals surface area contributed by atoms with E-state index in [-0.39, 0.29) is 23.7 Å². The van der Waals surface area contributed by atoms with Crippen LogP contribution in [0.5, 0.6) is 0 Å². The molecule has 0 radical (unpaired) electrons. The molecule has 0 aliphatic heterocycles. The normalized spacial score (nSPS) is 17.6. The van der Waals surface area contributed by atoms with Crippen molar-refractivity contribution >= 4 is 25.8 Å². The highest BCUT2D eigenvalue weighted by Gasteiger charge is 2.42. The van der Waals surface area contributed by atoms with Crippen molar-refractivity contribution in [2.75, 3.05) is 12.3 Å². The van der Waals surface area contributed by atoms with Gasteiger partial charge in [-0.1, -0.05) is 43.7 Å². The summed E-state index contributed by atoms with van der Waals surface area (Å²) in [5.74, 6) is 0.143. The first-order valence-corrected chi connectivity index (χ1v) is 10.7. The second-order valence-electron chi connectivity index (χ2n) is 6.56. The molecule has 0 bridgehead atoms. The van der Waals surface area contributed by atoms with E-state index in [9.17, 15) is 13.2 Å². The average Bonchev–Trinajstić information content (AvgIpc) is 2.50. The van der Waals surface area contributed by atoms with Gasteiger partial charge in [-0.05, 0) is 36.2 Å². The van der Waals surface area contributed by atoms with Crippen molar-refractivity contribution in [3.05, 3.63) is 35.9 Å². The molecule has 1 aromatic carbocycles. The fourth-order valence-electron chi connectivity index (χ4n) is 3.12. The zero-order valence-corrected chi connectivity index (χ0v) is 15.4. The molecule has 1 amide bonds. The SMILES string of the molecule is CC(CCS(=O)(=O)Cl)C1(CNC(=O)OCc2ccccc2)CCC1. The van der Waals surface area contributed by atoms with Gasteiger partial charge < -0.3 is 10.1 Å². The number of alkyl carbamates (subject to hydrolysis) is 1. The minimum Gasteiger partial charge on any atom is -0.445 e. The van der Waals surface area contributed by atoms with Crippen molar-refractivity contribution in [1.29, 1.82) is 0 Å². The Morgan fingerprint density at radius 1 is 1.33 bits per heavy atom. The van der Waals surface area contributed by atoms with Gasteiger partial charge in [-0.25, -0.2) is 13.2 Å². The van der Waals surface area contributed by atoms with E-state index >= 15 is 0 Å². The first kappa shape index (κ1) is 19.1. The van der Waals surface area contributed by atoms with Crippen LogP contribution in [-0.2, 0) is 20.4 Å². The first-order valence-electron chi connectivity index (χ1n) is 8.18. The predicted octanol–water partition coefficient (Wildman–Crippen LogP) is 3.68. The molecular weight excluding hydrogens is 350 g/mol. The van der Waals surface area contributed by atoms with Gasteiger partial charge in [0.2, 0.25) is 9.05 Å². The predicted molar refractivity (Wildman–Crippen MR) is 94.3 cm³/mol. The molecule has 2 rings (SSSR count). The summed E-state index contributed by atoms with van der Waals surface area (Å²) >= 11 is 0. The minimum absolute atomic E-state index is 0.0318. The van der Waals surface area contributed by atoms with Gasteiger partial charge >= 0.3 is 6.09 Å². The standard InChI is InChI=1S/C17H24ClNO4S/c1-14(8-11-24(18,21)22)17(9-5-10-17)13-19-16(20)23-12-15-6-3-2-4-7-15/h2-4,6-7,14H,5,8-13H2,1H3,(H,19,20). The van der Waals surface area contributed by atoms with Crippen molar-refractivity contribution in [3.63, 3.8) is 0 Å². The second-order valence-corrected chi connectivity index (χ2v) is 9.46. The number of carbonyl (C=O) groups excluding carboxylic acids is 1. The van der Waals surface area contributed by atoms with E-state index in [2.05, 4.69) is 5.32 Å². The second kappa shape index (κ2) is 8.21. The van der Waals surface area contributed by atoms with E-state index in [1.165, 1.54) is 0 Å². The number of rotatable bonds is 8. The molecule has 5 nitrogen and oxygen atoms in total. The molecule has 7 heteroatoms. The smallest absolute Gasteiger partial charge is 0.407 e. The van der Waals surface area contributed by atoms with Crippen LogP contribution < -0.4 is 5.32 Å². The van der Waals surface area contributed by atoms with Gasteiger partial charge in [-0.3, -0.25) is 0 Å². The summed E-state index contributed by atoms with van der Waals surface area (Å²) in [7, 11) is 1.82. The molecule has 1 aliphatic rings. The zero-order chi connectivity index (χ0) is 17.6. The molecule has 0 spiro atoms. The van der Waals surface area contributed by atoms with Crippen LogP contribution in [0.3, 0.4) is 0 Å². The lowest BCUT2D eigenvalue weighted by Crippen LogP contribution is -2.46. The Bertz CT molecular complexity index is 644. The quantitative estimate of drug-likeness (QED) is 0.705. The van der Waals surface area contributed by atoms with Gasteiger partial charge in [0, 0.05) is 17.2 Å². The van der Waals surface area contributed by atoms with Crippen LogP contribution in [0.15, 0.2) is 30.3 Å². The molecule has 1 atom stereocenters. The Morgan fingerprint density at radius 3 is 2.54 bits per heavy atom. The Labute approximate surface area is 148 Å². The van der Waals surface area contributed by atoms with Crippen molar-refractivity contribution in [1.82, 2.24) is 5.32 Å². The number of nitrogens with one attached hydrogen (secondary N) is 1. The molecule has 1 fully saturated rings. The van der Waals surface area contributed by atoms with Crippen molar-refractivity contribution in [3.8, 4) is 0 Å². The van der Waals surface area contributed by atoms with Crippen molar-refractivity contribution in [2.24, 2.45) is 11.3 Å². The third-order valence-corrected chi connectivity index (χ3v) is 6.17. The molecule has 134 valence electrons. The number of carbonyl (C=O) groups is 1. The zero-order valence-electron chi connectivity index (χ0n) is 13.8. The highest BCUT2D eigenvalue weighted by molar-refractivity contribution is 8.13. The van der Waals surface area contributed by atoms with Gasteiger partial charge in [-0.15, -0.1) is 0 Å². The fourth-order valence-corrected chi connectivity index (χ4v) is 4.02. The Morgan fingerprint density at radius 2 is 2.00 bits per heavy atom. The summed E-state index contributed by atoms with van der Waals surface area (Å²) in [5, 5.41) is 2.83. The Hall–Kier alpha value is -1.27. The van der Waals surface area contributed by atoms with Gasteiger partial charge in [0.25, 0.3) is 0 Å². The minimum atomic E-state index is -3.47. The molecule has 1 unspecified atom stereocenters. The molecule has 1 saturated carbocycles. The topological polar surface area (TPSA) is 72.5 Å². The lowest BCUT2D eigenvalue weighted by molar-refractivity contribution is 0.0522. The lowest BCUT2D eigenvalue weighted by atomic mass is 9.61. The van der Waals surface area contributed by atoms with E-state index in [0.717, 1.165) is 24.8 Å². The largest absolute Gasteiger partial charge is 0.445 e. The summed E-state index contributed by atoms with van der Waals surface area (Å²) in [6, 6.07) is 9.50. The number of amides is 1. The molecule has 0 saturated heterocycles. The third-order valence-electron chi connectivity index (χ3n) is 4.99. The van der Waals surface area contributed by atoms with E-state index in [4.69, 9.17) is 15.4 Å². The molecule has 0 aromatic heterocycles. The Balaban J connectivity index is 1.78. The van der Waals surface area contributed by atoms with Crippen LogP contribution in [0.4, 0.5) is 4.79 Å². The van der Waals surface area contributed by atoms with Crippen molar-refractivity contribution < 1.29 is 17.9 Å². The van der Waals surface area contributed by atoms with Gasteiger partial charge in [0.05, 0.1) is 5.75 Å². The molecule has 1 aromatic rings. The number of halogens is 1. The van der Waals surface area contributed by atoms with Crippen molar-refractivity contribution in [2.45, 2.75) is 39.2 Å². The van der Waals surface area contributed by atoms with Crippen LogP contribution in [-0.4, -0.2) is 26.8 Å². The Kier molecular flexibility index (Phi) is 6.52. The van der Waals surface area contributed by atoms with Crippen LogP contribution >= 0.6 is 10.7 Å². The maximum Gasteiger partial charge on any atom is 0.407 e. The molecular formula is C17H24ClNO4S. The lowest BCUT2D eigenvalue weighted by Gasteiger charge is -2.46. The number of ether oxygens (including phenoxy) is 1. The fraction of sp³-hybridized carbons (Fsp3) is 0.588. The number of hydrogen-bond donors (Lipinski definition) is 1. The third kappa shape index (κ3) is 5.67. The van der Waals surface area contributed by atoms with Crippen LogP contribution in [0.1, 0.15) is 38.2 Å². The summed E-state index contributed by atoms with van der Waals surface area (Å²) in [4.78, 5) is 11.9. The monoisotopic (exact) mass is 373 g/mol. The van der Waals surface area contributed by atoms with Crippen LogP contribution in [0.2, 0.25) is 0 Å². The summed E-state index contributed by atoms with van der Waals surface area (Å²) in [6.45, 7) is 2.77. The summed E-state index contributed by atoms with van der Waals surface area (Å²) < 4.78 is 27.5. The highest BCUT2D eigenvalue weighted by Crippen LogP contribution is 2.48. The molecule has 0 heterocycles. The summed E-state index contributed by atoms with van der Waals surface area (Å²) in [5.41, 5.74) is 0.888. The van der Waals surface area contributed by atoms with Crippen LogP contribution in [0.25, 0.3) is 0 Å². The van der Waals surface area contributed by atoms with Gasteiger partial charge in [0.1, 0.15) is 6.61 Å². The van der Waals surface area contributed by atoms with E-state index in [1.54, 1.807) is 0 Å². The van der Waals surface area contributed by atoms with E-state index in [0.29, 0.717) is 13.0 Å².